The van der Waals surface area contributed by atoms with Crippen molar-refractivity contribution in [2.75, 3.05) is 19.7 Å². The minimum atomic E-state index is -4.40. The summed E-state index contributed by atoms with van der Waals surface area (Å²) in [5.74, 6) is 5.80. The van der Waals surface area contributed by atoms with Crippen molar-refractivity contribution in [2.24, 2.45) is 5.92 Å². The molecule has 1 fully saturated rings. The Hall–Kier alpha value is -2.20. The summed E-state index contributed by atoms with van der Waals surface area (Å²) in [7, 11) is 0. The average molecular weight is 382 g/mol. The molecule has 27 heavy (non-hydrogen) atoms. The maximum Gasteiger partial charge on any atom is 0.416 e. The van der Waals surface area contributed by atoms with E-state index in [4.69, 9.17) is 4.74 Å². The minimum absolute atomic E-state index is 0.0442. The van der Waals surface area contributed by atoms with Crippen molar-refractivity contribution in [3.05, 3.63) is 35.4 Å². The van der Waals surface area contributed by atoms with Crippen LogP contribution in [0.3, 0.4) is 0 Å². The van der Waals surface area contributed by atoms with E-state index in [2.05, 4.69) is 29.4 Å². The number of halogens is 3. The van der Waals surface area contributed by atoms with Crippen LogP contribution in [0.5, 0.6) is 0 Å². The molecule has 0 aliphatic heterocycles. The van der Waals surface area contributed by atoms with E-state index in [1.54, 1.807) is 0 Å². The topological polar surface area (TPSA) is 50.4 Å². The van der Waals surface area contributed by atoms with Gasteiger partial charge in [0, 0.05) is 12.1 Å². The first-order valence-corrected chi connectivity index (χ1v) is 9.15. The van der Waals surface area contributed by atoms with Crippen LogP contribution in [0.4, 0.5) is 18.0 Å². The molecule has 0 saturated heterocycles. The smallest absolute Gasteiger partial charge is 0.376 e. The molecule has 2 amide bonds. The van der Waals surface area contributed by atoms with Gasteiger partial charge in [0.05, 0.1) is 24.8 Å². The normalized spacial score (nSPS) is 19.7. The Labute approximate surface area is 157 Å². The number of ether oxygens (including phenoxy) is 1. The highest BCUT2D eigenvalue weighted by Crippen LogP contribution is 2.29. The van der Waals surface area contributed by atoms with Gasteiger partial charge in [-0.2, -0.15) is 13.2 Å². The van der Waals surface area contributed by atoms with Gasteiger partial charge in [0.2, 0.25) is 0 Å². The van der Waals surface area contributed by atoms with Gasteiger partial charge in [-0.25, -0.2) is 4.79 Å². The number of benzene rings is 1. The van der Waals surface area contributed by atoms with Crippen molar-refractivity contribution in [3.8, 4) is 11.8 Å². The molecule has 2 N–H and O–H groups in total. The van der Waals surface area contributed by atoms with E-state index in [0.717, 1.165) is 18.6 Å². The second-order valence-corrected chi connectivity index (χ2v) is 6.66. The van der Waals surface area contributed by atoms with Crippen LogP contribution in [0.25, 0.3) is 0 Å². The summed E-state index contributed by atoms with van der Waals surface area (Å²) >= 11 is 0. The average Bonchev–Trinajstić information content (AvgIpc) is 2.63. The highest BCUT2D eigenvalue weighted by atomic mass is 19.4. The molecule has 1 aliphatic rings. The Morgan fingerprint density at radius 2 is 2.04 bits per heavy atom. The number of alkyl halides is 3. The summed E-state index contributed by atoms with van der Waals surface area (Å²) in [6.07, 6.45) is 0.563. The van der Waals surface area contributed by atoms with Crippen molar-refractivity contribution in [1.82, 2.24) is 10.6 Å². The van der Waals surface area contributed by atoms with Crippen LogP contribution in [0.15, 0.2) is 24.3 Å². The van der Waals surface area contributed by atoms with Gasteiger partial charge >= 0.3 is 12.2 Å². The summed E-state index contributed by atoms with van der Waals surface area (Å²) in [6.45, 7) is 3.09. The fraction of sp³-hybridized carbons (Fsp3) is 0.550. The van der Waals surface area contributed by atoms with Gasteiger partial charge in [0.25, 0.3) is 0 Å². The van der Waals surface area contributed by atoms with Crippen LogP contribution in [-0.2, 0) is 10.9 Å². The molecule has 1 aromatic rings. The lowest BCUT2D eigenvalue weighted by Crippen LogP contribution is -2.38. The number of urea groups is 1. The molecule has 2 atom stereocenters. The third kappa shape index (κ3) is 7.51. The van der Waals surface area contributed by atoms with Gasteiger partial charge in [0.1, 0.15) is 0 Å². The van der Waals surface area contributed by atoms with Crippen LogP contribution < -0.4 is 10.6 Å². The second-order valence-electron chi connectivity index (χ2n) is 6.66. The zero-order valence-electron chi connectivity index (χ0n) is 15.4. The fourth-order valence-corrected chi connectivity index (χ4v) is 3.01. The molecule has 2 rings (SSSR count). The Bertz CT molecular complexity index is 680. The third-order valence-corrected chi connectivity index (χ3v) is 4.51. The van der Waals surface area contributed by atoms with Crippen LogP contribution >= 0.6 is 0 Å². The second kappa shape index (κ2) is 10.2. The lowest BCUT2D eigenvalue weighted by Gasteiger charge is -2.28. The van der Waals surface area contributed by atoms with E-state index in [0.29, 0.717) is 19.1 Å². The predicted octanol–water partition coefficient (Wildman–Crippen LogP) is 3.95. The van der Waals surface area contributed by atoms with Crippen molar-refractivity contribution in [2.45, 2.75) is 44.9 Å². The first-order chi connectivity index (χ1) is 12.9. The summed E-state index contributed by atoms with van der Waals surface area (Å²) in [4.78, 5) is 11.7. The predicted molar refractivity (Wildman–Crippen MR) is 97.1 cm³/mol. The highest BCUT2D eigenvalue weighted by Gasteiger charge is 2.30. The number of carbonyl (C=O) groups is 1. The van der Waals surface area contributed by atoms with E-state index in [9.17, 15) is 18.0 Å². The van der Waals surface area contributed by atoms with Gasteiger partial charge in [-0.3, -0.25) is 0 Å². The molecule has 2 unspecified atom stereocenters. The van der Waals surface area contributed by atoms with Crippen molar-refractivity contribution >= 4 is 6.03 Å². The van der Waals surface area contributed by atoms with Gasteiger partial charge in [-0.05, 0) is 37.0 Å². The lowest BCUT2D eigenvalue weighted by molar-refractivity contribution is -0.137. The molecule has 0 heterocycles. The Morgan fingerprint density at radius 1 is 1.26 bits per heavy atom. The van der Waals surface area contributed by atoms with Crippen LogP contribution in [0, 0.1) is 17.8 Å². The molecular weight excluding hydrogens is 357 g/mol. The lowest BCUT2D eigenvalue weighted by atomic mass is 9.88. The molecule has 0 bridgehead atoms. The molecule has 0 spiro atoms. The van der Waals surface area contributed by atoms with Crippen molar-refractivity contribution in [1.29, 1.82) is 0 Å². The zero-order valence-corrected chi connectivity index (χ0v) is 15.4. The first kappa shape index (κ1) is 21.1. The van der Waals surface area contributed by atoms with Crippen LogP contribution in [-0.4, -0.2) is 31.8 Å². The van der Waals surface area contributed by atoms with E-state index >= 15 is 0 Å². The van der Waals surface area contributed by atoms with E-state index in [1.165, 1.54) is 31.4 Å². The van der Waals surface area contributed by atoms with Gasteiger partial charge < -0.3 is 15.4 Å². The molecule has 4 nitrogen and oxygen atoms in total. The standard InChI is InChI=1S/C20H25F3N2O2/c1-15-6-2-3-10-18(15)27-13-12-25-19(26)24-11-5-8-16-7-4-9-17(14-16)20(21,22)23/h4,7,9,14-15,18H,2-3,6,10-13H2,1H3,(H2,24,25,26). The summed E-state index contributed by atoms with van der Waals surface area (Å²) in [5, 5.41) is 5.22. The monoisotopic (exact) mass is 382 g/mol. The van der Waals surface area contributed by atoms with Gasteiger partial charge in [-0.15, -0.1) is 0 Å². The Morgan fingerprint density at radius 3 is 2.78 bits per heavy atom. The third-order valence-electron chi connectivity index (χ3n) is 4.51. The van der Waals surface area contributed by atoms with Crippen molar-refractivity contribution in [3.63, 3.8) is 0 Å². The molecular formula is C20H25F3N2O2. The van der Waals surface area contributed by atoms with Crippen molar-refractivity contribution < 1.29 is 22.7 Å². The molecule has 0 aromatic heterocycles. The largest absolute Gasteiger partial charge is 0.416 e. The SMILES string of the molecule is CC1CCCCC1OCCNC(=O)NCC#Cc1cccc(C(F)(F)F)c1. The molecule has 1 aliphatic carbocycles. The summed E-state index contributed by atoms with van der Waals surface area (Å²) < 4.78 is 43.7. The number of hydrogen-bond acceptors (Lipinski definition) is 2. The van der Waals surface area contributed by atoms with Gasteiger partial charge in [0.15, 0.2) is 0 Å². The molecule has 148 valence electrons. The first-order valence-electron chi connectivity index (χ1n) is 9.15. The maximum absolute atomic E-state index is 12.6. The Kier molecular flexibility index (Phi) is 7.99. The van der Waals surface area contributed by atoms with E-state index in [-0.39, 0.29) is 24.2 Å². The minimum Gasteiger partial charge on any atom is -0.376 e. The molecule has 1 aromatic carbocycles. The number of carbonyl (C=O) groups excluding carboxylic acids is 1. The highest BCUT2D eigenvalue weighted by molar-refractivity contribution is 5.74. The van der Waals surface area contributed by atoms with Crippen LogP contribution in [0.1, 0.15) is 43.7 Å². The maximum atomic E-state index is 12.6. The Balaban J connectivity index is 1.64. The number of nitrogens with one attached hydrogen (secondary N) is 2. The summed E-state index contributed by atoms with van der Waals surface area (Å²) in [6, 6.07) is 4.39. The molecule has 0 radical (unpaired) electrons. The van der Waals surface area contributed by atoms with Gasteiger partial charge in [-0.1, -0.05) is 37.7 Å². The zero-order chi connectivity index (χ0) is 19.7. The fourth-order valence-electron chi connectivity index (χ4n) is 3.01. The number of hydrogen-bond donors (Lipinski definition) is 2. The van der Waals surface area contributed by atoms with E-state index < -0.39 is 11.7 Å². The molecule has 7 heteroatoms. The van der Waals surface area contributed by atoms with E-state index in [1.807, 2.05) is 0 Å². The van der Waals surface area contributed by atoms with Crippen LogP contribution in [0.2, 0.25) is 0 Å². The quantitative estimate of drug-likeness (QED) is 0.598. The number of amides is 2. The summed E-state index contributed by atoms with van der Waals surface area (Å²) in [5.41, 5.74) is -0.491. The molecule has 1 saturated carbocycles. The number of rotatable bonds is 5.